The average molecular weight is 480 g/mol. The van der Waals surface area contributed by atoms with Crippen LogP contribution >= 0.6 is 11.3 Å². The lowest BCUT2D eigenvalue weighted by Gasteiger charge is -2.26. The molecule has 6 nitrogen and oxygen atoms in total. The van der Waals surface area contributed by atoms with Crippen molar-refractivity contribution >= 4 is 28.1 Å². The van der Waals surface area contributed by atoms with Crippen LogP contribution < -0.4 is 0 Å². The van der Waals surface area contributed by atoms with Gasteiger partial charge in [-0.05, 0) is 49.1 Å². The predicted octanol–water partition coefficient (Wildman–Crippen LogP) is 5.89. The summed E-state index contributed by atoms with van der Waals surface area (Å²) in [7, 11) is 1.97. The molecule has 0 spiro atoms. The third-order valence-electron chi connectivity index (χ3n) is 7.36. The number of aryl methyl sites for hydroxylation is 1. The fraction of sp³-hybridized carbons (Fsp3) is 0.250. The Morgan fingerprint density at radius 1 is 1.00 bits per heavy atom. The molecule has 1 N–H and O–H groups in total. The molecule has 0 unspecified atom stereocenters. The second-order valence-electron chi connectivity index (χ2n) is 9.52. The van der Waals surface area contributed by atoms with Crippen LogP contribution in [0.5, 0.6) is 0 Å². The van der Waals surface area contributed by atoms with Gasteiger partial charge in [-0.1, -0.05) is 24.3 Å². The summed E-state index contributed by atoms with van der Waals surface area (Å²) in [6.45, 7) is 1.76. The summed E-state index contributed by atoms with van der Waals surface area (Å²) in [5.74, 6) is 0.156. The number of H-pyrrole nitrogens is 1. The Hall–Kier alpha value is -3.71. The van der Waals surface area contributed by atoms with E-state index < -0.39 is 0 Å². The number of fused-ring (bicyclic) bond motifs is 4. The molecule has 1 aliphatic heterocycles. The Balaban J connectivity index is 1.16. The van der Waals surface area contributed by atoms with Crippen molar-refractivity contribution in [1.82, 2.24) is 24.9 Å². The lowest BCUT2D eigenvalue weighted by molar-refractivity contribution is 0.0724. The number of nitrogens with one attached hydrogen (secondary N) is 1. The van der Waals surface area contributed by atoms with Crippen LogP contribution in [0.4, 0.5) is 0 Å². The second-order valence-corrected chi connectivity index (χ2v) is 10.7. The van der Waals surface area contributed by atoms with Gasteiger partial charge in [0.15, 0.2) is 0 Å². The summed E-state index contributed by atoms with van der Waals surface area (Å²) in [4.78, 5) is 17.4. The highest BCUT2D eigenvalue weighted by atomic mass is 32.1. The number of aromatic nitrogens is 4. The Morgan fingerprint density at radius 3 is 2.63 bits per heavy atom. The molecule has 7 heteroatoms. The molecule has 5 aromatic rings. The summed E-state index contributed by atoms with van der Waals surface area (Å²) in [5, 5.41) is 13.5. The number of nitrogens with zero attached hydrogens (tertiary/aromatic N) is 4. The minimum absolute atomic E-state index is 0.156. The van der Waals surface area contributed by atoms with E-state index in [0.29, 0.717) is 0 Å². The molecule has 1 fully saturated rings. The molecule has 2 aromatic carbocycles. The maximum atomic E-state index is 12.8. The van der Waals surface area contributed by atoms with Crippen LogP contribution in [-0.2, 0) is 13.5 Å². The third kappa shape index (κ3) is 3.33. The minimum atomic E-state index is 0.156. The molecular formula is C28H25N5OS. The van der Waals surface area contributed by atoms with E-state index in [-0.39, 0.29) is 5.91 Å². The summed E-state index contributed by atoms with van der Waals surface area (Å²) >= 11 is 1.83. The minimum Gasteiger partial charge on any atom is -0.339 e. The van der Waals surface area contributed by atoms with E-state index in [2.05, 4.69) is 46.6 Å². The lowest BCUT2D eigenvalue weighted by atomic mass is 10.0. The van der Waals surface area contributed by atoms with E-state index in [1.165, 1.54) is 27.3 Å². The average Bonchev–Trinajstić information content (AvgIpc) is 3.66. The maximum Gasteiger partial charge on any atom is 0.253 e. The Bertz CT molecular complexity index is 1580. The maximum absolute atomic E-state index is 12.8. The van der Waals surface area contributed by atoms with Crippen molar-refractivity contribution in [2.24, 2.45) is 7.05 Å². The summed E-state index contributed by atoms with van der Waals surface area (Å²) < 4.78 is 1.90. The highest BCUT2D eigenvalue weighted by molar-refractivity contribution is 7.16. The van der Waals surface area contributed by atoms with Gasteiger partial charge in [0, 0.05) is 64.0 Å². The fourth-order valence-electron chi connectivity index (χ4n) is 5.42. The van der Waals surface area contributed by atoms with E-state index in [4.69, 9.17) is 5.10 Å². The van der Waals surface area contributed by atoms with Gasteiger partial charge in [0.25, 0.3) is 5.91 Å². The summed E-state index contributed by atoms with van der Waals surface area (Å²) in [5.41, 5.74) is 8.82. The van der Waals surface area contributed by atoms with Gasteiger partial charge in [0.2, 0.25) is 0 Å². The molecule has 0 bridgehead atoms. The normalized spacial score (nSPS) is 14.9. The number of rotatable bonds is 3. The highest BCUT2D eigenvalue weighted by Gasteiger charge is 2.28. The number of piperidine rings is 1. The number of amides is 1. The van der Waals surface area contributed by atoms with Crippen LogP contribution in [0.15, 0.2) is 54.7 Å². The number of benzene rings is 2. The Morgan fingerprint density at radius 2 is 1.80 bits per heavy atom. The lowest BCUT2D eigenvalue weighted by Crippen LogP contribution is -2.35. The van der Waals surface area contributed by atoms with Crippen LogP contribution in [0.25, 0.3) is 43.9 Å². The van der Waals surface area contributed by atoms with Gasteiger partial charge in [-0.15, -0.1) is 11.3 Å². The fourth-order valence-corrected chi connectivity index (χ4v) is 6.60. The first kappa shape index (κ1) is 20.6. The standard InChI is InChI=1S/C28H25N5OS/c1-32-23-13-19(9-10-20(23)16-29-32)26-22-15-25-21(27(22)31-30-26)14-24(35-25)17-5-7-18(8-6-17)28(34)33-11-3-2-4-12-33/h5-10,13-14,16H,2-4,11-12,15H2,1H3,(H,30,31). The Kier molecular flexibility index (Phi) is 4.67. The molecule has 1 saturated heterocycles. The Labute approximate surface area is 207 Å². The van der Waals surface area contributed by atoms with Crippen molar-refractivity contribution < 1.29 is 4.79 Å². The molecule has 3 aromatic heterocycles. The van der Waals surface area contributed by atoms with Crippen LogP contribution in [0.2, 0.25) is 0 Å². The zero-order valence-electron chi connectivity index (χ0n) is 19.5. The third-order valence-corrected chi connectivity index (χ3v) is 8.55. The molecule has 1 aliphatic carbocycles. The van der Waals surface area contributed by atoms with E-state index in [0.717, 1.165) is 71.3 Å². The number of carbonyl (C=O) groups is 1. The molecule has 4 heterocycles. The number of carbonyl (C=O) groups excluding carboxylic acids is 1. The van der Waals surface area contributed by atoms with Crippen molar-refractivity contribution in [3.05, 3.63) is 70.7 Å². The molecule has 35 heavy (non-hydrogen) atoms. The van der Waals surface area contributed by atoms with E-state index in [9.17, 15) is 4.79 Å². The van der Waals surface area contributed by atoms with Gasteiger partial charge in [-0.3, -0.25) is 14.6 Å². The first-order valence-electron chi connectivity index (χ1n) is 12.2. The predicted molar refractivity (Wildman–Crippen MR) is 140 cm³/mol. The van der Waals surface area contributed by atoms with Crippen molar-refractivity contribution in [2.45, 2.75) is 25.7 Å². The molecule has 0 saturated carbocycles. The summed E-state index contributed by atoms with van der Waals surface area (Å²) in [6, 6.07) is 16.8. The smallest absolute Gasteiger partial charge is 0.253 e. The van der Waals surface area contributed by atoms with E-state index in [1.54, 1.807) is 0 Å². The number of hydrogen-bond donors (Lipinski definition) is 1. The molecule has 7 rings (SSSR count). The van der Waals surface area contributed by atoms with Crippen LogP contribution in [-0.4, -0.2) is 43.9 Å². The molecular weight excluding hydrogens is 454 g/mol. The van der Waals surface area contributed by atoms with E-state index >= 15 is 0 Å². The van der Waals surface area contributed by atoms with E-state index in [1.807, 2.05) is 46.3 Å². The van der Waals surface area contributed by atoms with Crippen molar-refractivity contribution in [3.63, 3.8) is 0 Å². The SMILES string of the molecule is Cn1ncc2ccc(-c3n[nH]c4c3Cc3sc(-c5ccc(C(=O)N6CCCCC6)cc5)cc3-4)cc21. The monoisotopic (exact) mass is 479 g/mol. The molecule has 1 amide bonds. The van der Waals surface area contributed by atoms with Gasteiger partial charge in [0.05, 0.1) is 23.1 Å². The van der Waals surface area contributed by atoms with Crippen molar-refractivity contribution in [3.8, 4) is 33.0 Å². The largest absolute Gasteiger partial charge is 0.339 e. The van der Waals surface area contributed by atoms with Crippen molar-refractivity contribution in [2.75, 3.05) is 13.1 Å². The molecule has 2 aliphatic rings. The number of thiophene rings is 1. The van der Waals surface area contributed by atoms with Gasteiger partial charge < -0.3 is 4.90 Å². The van der Waals surface area contributed by atoms with Gasteiger partial charge in [-0.2, -0.15) is 10.2 Å². The van der Waals surface area contributed by atoms with Gasteiger partial charge in [-0.25, -0.2) is 0 Å². The number of hydrogen-bond acceptors (Lipinski definition) is 4. The topological polar surface area (TPSA) is 66.8 Å². The molecule has 174 valence electrons. The van der Waals surface area contributed by atoms with Gasteiger partial charge in [0.1, 0.15) is 0 Å². The zero-order chi connectivity index (χ0) is 23.5. The van der Waals surface area contributed by atoms with Crippen LogP contribution in [0.1, 0.15) is 40.1 Å². The van der Waals surface area contributed by atoms with Gasteiger partial charge >= 0.3 is 0 Å². The van der Waals surface area contributed by atoms with Crippen LogP contribution in [0, 0.1) is 0 Å². The summed E-state index contributed by atoms with van der Waals surface area (Å²) in [6.07, 6.45) is 6.23. The van der Waals surface area contributed by atoms with Crippen molar-refractivity contribution in [1.29, 1.82) is 0 Å². The first-order chi connectivity index (χ1) is 17.2. The second kappa shape index (κ2) is 7.92. The number of likely N-dealkylation sites (tertiary alicyclic amines) is 1. The first-order valence-corrected chi connectivity index (χ1v) is 13.0. The molecule has 0 radical (unpaired) electrons. The molecule has 0 atom stereocenters. The highest BCUT2D eigenvalue weighted by Crippen LogP contribution is 2.46. The van der Waals surface area contributed by atoms with Crippen LogP contribution in [0.3, 0.4) is 0 Å². The zero-order valence-corrected chi connectivity index (χ0v) is 20.4. The number of aromatic amines is 1. The quantitative estimate of drug-likeness (QED) is 0.344.